The maximum atomic E-state index is 11.1. The summed E-state index contributed by atoms with van der Waals surface area (Å²) in [5.41, 5.74) is 2.03. The predicted octanol–water partition coefficient (Wildman–Crippen LogP) is 2.85. The highest BCUT2D eigenvalue weighted by molar-refractivity contribution is 5.88. The van der Waals surface area contributed by atoms with Crippen LogP contribution in [-0.4, -0.2) is 17.7 Å². The number of hydrogen-bond acceptors (Lipinski definition) is 1. The molecule has 0 saturated heterocycles. The minimum absolute atomic E-state index is 0.0720. The number of anilines is 1. The van der Waals surface area contributed by atoms with Crippen molar-refractivity contribution >= 4 is 11.8 Å². The first-order valence-corrected chi connectivity index (χ1v) is 5.12. The number of rotatable bonds is 0. The van der Waals surface area contributed by atoms with E-state index >= 15 is 0 Å². The van der Waals surface area contributed by atoms with Crippen LogP contribution in [0.5, 0.6) is 0 Å². The average molecular weight is 205 g/mol. The van der Waals surface area contributed by atoms with Crippen LogP contribution in [0.15, 0.2) is 24.3 Å². The van der Waals surface area contributed by atoms with Gasteiger partial charge in [0.1, 0.15) is 0 Å². The first-order chi connectivity index (χ1) is 7.02. The first kappa shape index (κ1) is 10.0. The Labute approximate surface area is 89.3 Å². The monoisotopic (exact) mass is 205 g/mol. The molecule has 1 aromatic rings. The summed E-state index contributed by atoms with van der Waals surface area (Å²) in [5, 5.41) is 9.08. The Morgan fingerprint density at radius 2 is 2.07 bits per heavy atom. The van der Waals surface area contributed by atoms with Crippen molar-refractivity contribution in [3.63, 3.8) is 0 Å². The van der Waals surface area contributed by atoms with Gasteiger partial charge in [-0.25, -0.2) is 4.79 Å². The molecule has 1 aromatic carbocycles. The molecule has 3 heteroatoms. The van der Waals surface area contributed by atoms with Crippen molar-refractivity contribution < 1.29 is 9.90 Å². The predicted molar refractivity (Wildman–Crippen MR) is 59.5 cm³/mol. The van der Waals surface area contributed by atoms with Gasteiger partial charge in [0.2, 0.25) is 0 Å². The summed E-state index contributed by atoms with van der Waals surface area (Å²) in [6.07, 6.45) is 0.00833. The summed E-state index contributed by atoms with van der Waals surface area (Å²) in [4.78, 5) is 12.5. The van der Waals surface area contributed by atoms with Crippen LogP contribution in [0.1, 0.15) is 25.8 Å². The summed E-state index contributed by atoms with van der Waals surface area (Å²) in [7, 11) is 0. The third-order valence-corrected chi connectivity index (χ3v) is 3.12. The zero-order valence-corrected chi connectivity index (χ0v) is 9.03. The lowest BCUT2D eigenvalue weighted by atomic mass is 9.78. The number of fused-ring (bicyclic) bond motifs is 1. The highest BCUT2D eigenvalue weighted by atomic mass is 16.4. The molecule has 0 aliphatic carbocycles. The Bertz CT molecular complexity index is 398. The Balaban J connectivity index is 2.53. The van der Waals surface area contributed by atoms with Crippen LogP contribution in [0, 0.1) is 0 Å². The average Bonchev–Trinajstić information content (AvgIpc) is 2.17. The lowest BCUT2D eigenvalue weighted by Gasteiger charge is -2.37. The number of carbonyl (C=O) groups is 1. The number of para-hydroxylation sites is 1. The third-order valence-electron chi connectivity index (χ3n) is 3.12. The van der Waals surface area contributed by atoms with E-state index in [-0.39, 0.29) is 5.41 Å². The van der Waals surface area contributed by atoms with Gasteiger partial charge in [0, 0.05) is 6.54 Å². The summed E-state index contributed by atoms with van der Waals surface area (Å²) < 4.78 is 0. The van der Waals surface area contributed by atoms with Crippen LogP contribution in [0.4, 0.5) is 10.5 Å². The molecule has 2 rings (SSSR count). The summed E-state index contributed by atoms with van der Waals surface area (Å²) in [5.74, 6) is 0. The van der Waals surface area contributed by atoms with Gasteiger partial charge in [-0.05, 0) is 23.5 Å². The van der Waals surface area contributed by atoms with Gasteiger partial charge in [-0.2, -0.15) is 0 Å². The second-order valence-corrected chi connectivity index (χ2v) is 4.59. The van der Waals surface area contributed by atoms with Crippen molar-refractivity contribution in [2.24, 2.45) is 0 Å². The topological polar surface area (TPSA) is 40.5 Å². The molecule has 1 N–H and O–H groups in total. The number of hydrogen-bond donors (Lipinski definition) is 1. The Kier molecular flexibility index (Phi) is 2.18. The SMILES string of the molecule is CC1(C)CCN(C(=O)O)c2ccccc21. The second kappa shape index (κ2) is 3.26. The molecule has 0 radical (unpaired) electrons. The molecule has 0 atom stereocenters. The molecule has 3 nitrogen and oxygen atoms in total. The van der Waals surface area contributed by atoms with Gasteiger partial charge in [0.15, 0.2) is 0 Å². The molecular weight excluding hydrogens is 190 g/mol. The van der Waals surface area contributed by atoms with Crippen LogP contribution in [-0.2, 0) is 5.41 Å². The summed E-state index contributed by atoms with van der Waals surface area (Å²) in [6, 6.07) is 7.75. The van der Waals surface area contributed by atoms with Crippen LogP contribution in [0.25, 0.3) is 0 Å². The van der Waals surface area contributed by atoms with E-state index in [9.17, 15) is 4.79 Å². The third kappa shape index (κ3) is 1.58. The van der Waals surface area contributed by atoms with E-state index in [4.69, 9.17) is 5.11 Å². The van der Waals surface area contributed by atoms with E-state index in [0.717, 1.165) is 17.7 Å². The Hall–Kier alpha value is -1.51. The molecule has 1 heterocycles. The second-order valence-electron chi connectivity index (χ2n) is 4.59. The molecule has 80 valence electrons. The van der Waals surface area contributed by atoms with Gasteiger partial charge >= 0.3 is 6.09 Å². The van der Waals surface area contributed by atoms with Gasteiger partial charge in [0.25, 0.3) is 0 Å². The minimum atomic E-state index is -0.863. The van der Waals surface area contributed by atoms with E-state index in [1.165, 1.54) is 4.90 Å². The maximum absolute atomic E-state index is 11.1. The normalized spacial score (nSPS) is 18.4. The van der Waals surface area contributed by atoms with E-state index < -0.39 is 6.09 Å². The highest BCUT2D eigenvalue weighted by Crippen LogP contribution is 2.39. The first-order valence-electron chi connectivity index (χ1n) is 5.12. The van der Waals surface area contributed by atoms with Crippen LogP contribution >= 0.6 is 0 Å². The molecule has 0 saturated carbocycles. The van der Waals surface area contributed by atoms with Gasteiger partial charge in [0.05, 0.1) is 5.69 Å². The van der Waals surface area contributed by atoms with Gasteiger partial charge in [-0.15, -0.1) is 0 Å². The van der Waals surface area contributed by atoms with E-state index in [1.54, 1.807) is 0 Å². The molecule has 0 bridgehead atoms. The van der Waals surface area contributed by atoms with Gasteiger partial charge in [-0.1, -0.05) is 32.0 Å². The fourth-order valence-electron chi connectivity index (χ4n) is 2.13. The largest absolute Gasteiger partial charge is 0.465 e. The van der Waals surface area contributed by atoms with E-state index in [1.807, 2.05) is 24.3 Å². The molecule has 0 fully saturated rings. The van der Waals surface area contributed by atoms with Crippen LogP contribution in [0.3, 0.4) is 0 Å². The zero-order chi connectivity index (χ0) is 11.1. The standard InChI is InChI=1S/C12H15NO2/c1-12(2)7-8-13(11(14)15)10-6-4-3-5-9(10)12/h3-6H,7-8H2,1-2H3,(H,14,15). The molecule has 1 amide bonds. The van der Waals surface area contributed by atoms with Crippen molar-refractivity contribution in [2.45, 2.75) is 25.7 Å². The zero-order valence-electron chi connectivity index (χ0n) is 9.03. The van der Waals surface area contributed by atoms with Crippen LogP contribution < -0.4 is 4.90 Å². The molecule has 1 aliphatic rings. The number of carboxylic acid groups (broad SMARTS) is 1. The Morgan fingerprint density at radius 3 is 2.73 bits per heavy atom. The fourth-order valence-corrected chi connectivity index (χ4v) is 2.13. The molecule has 0 spiro atoms. The van der Waals surface area contributed by atoms with Crippen molar-refractivity contribution in [1.29, 1.82) is 0 Å². The van der Waals surface area contributed by atoms with E-state index in [0.29, 0.717) is 6.54 Å². The Morgan fingerprint density at radius 1 is 1.40 bits per heavy atom. The smallest absolute Gasteiger partial charge is 0.411 e. The lowest BCUT2D eigenvalue weighted by molar-refractivity contribution is 0.200. The van der Waals surface area contributed by atoms with Crippen molar-refractivity contribution in [3.8, 4) is 0 Å². The quantitative estimate of drug-likeness (QED) is 0.707. The molecule has 15 heavy (non-hydrogen) atoms. The van der Waals surface area contributed by atoms with Gasteiger partial charge < -0.3 is 5.11 Å². The summed E-state index contributed by atoms with van der Waals surface area (Å²) >= 11 is 0. The van der Waals surface area contributed by atoms with Crippen molar-refractivity contribution in [1.82, 2.24) is 0 Å². The molecule has 0 unspecified atom stereocenters. The number of nitrogens with zero attached hydrogens (tertiary/aromatic N) is 1. The molecule has 1 aliphatic heterocycles. The number of amides is 1. The lowest BCUT2D eigenvalue weighted by Crippen LogP contribution is -2.40. The maximum Gasteiger partial charge on any atom is 0.411 e. The number of benzene rings is 1. The molecular formula is C12H15NO2. The minimum Gasteiger partial charge on any atom is -0.465 e. The van der Waals surface area contributed by atoms with Crippen molar-refractivity contribution in [2.75, 3.05) is 11.4 Å². The van der Waals surface area contributed by atoms with E-state index in [2.05, 4.69) is 13.8 Å². The highest BCUT2D eigenvalue weighted by Gasteiger charge is 2.32. The fraction of sp³-hybridized carbons (Fsp3) is 0.417. The van der Waals surface area contributed by atoms with Gasteiger partial charge in [-0.3, -0.25) is 4.90 Å². The summed E-state index contributed by atoms with van der Waals surface area (Å²) in [6.45, 7) is 4.90. The van der Waals surface area contributed by atoms with Crippen molar-refractivity contribution in [3.05, 3.63) is 29.8 Å². The molecule has 0 aromatic heterocycles. The van der Waals surface area contributed by atoms with Crippen LogP contribution in [0.2, 0.25) is 0 Å².